The zero-order valence-electron chi connectivity index (χ0n) is 17.1. The number of hydrogen-bond acceptors (Lipinski definition) is 5. The van der Waals surface area contributed by atoms with Crippen LogP contribution in [0.5, 0.6) is 0 Å². The van der Waals surface area contributed by atoms with Gasteiger partial charge in [-0.3, -0.25) is 9.69 Å². The topological polar surface area (TPSA) is 48.5 Å². The van der Waals surface area contributed by atoms with Crippen LogP contribution in [-0.2, 0) is 11.2 Å². The number of fused-ring (bicyclic) bond motifs is 1. The Morgan fingerprint density at radius 1 is 1.07 bits per heavy atom. The van der Waals surface area contributed by atoms with E-state index in [9.17, 15) is 4.79 Å². The average Bonchev–Trinajstić information content (AvgIpc) is 3.17. The molecule has 0 aliphatic carbocycles. The number of anilines is 1. The SMILES string of the molecule is Cc1ccc2sc(N3CCN(CCNC(=O)Cc4ccccc4)CC3)nc2c1C. The van der Waals surface area contributed by atoms with E-state index in [2.05, 4.69) is 41.1 Å². The molecular formula is C23H28N4OS. The summed E-state index contributed by atoms with van der Waals surface area (Å²) in [5.41, 5.74) is 4.79. The van der Waals surface area contributed by atoms with Gasteiger partial charge < -0.3 is 10.2 Å². The standard InChI is InChI=1S/C23H28N4OS/c1-17-8-9-20-22(18(17)2)25-23(29-20)27-14-12-26(13-15-27)11-10-24-21(28)16-19-6-4-3-5-7-19/h3-9H,10-16H2,1-2H3,(H,24,28). The molecule has 29 heavy (non-hydrogen) atoms. The number of aromatic nitrogens is 1. The van der Waals surface area contributed by atoms with Gasteiger partial charge in [0.25, 0.3) is 0 Å². The van der Waals surface area contributed by atoms with Gasteiger partial charge in [0, 0.05) is 39.3 Å². The summed E-state index contributed by atoms with van der Waals surface area (Å²) in [5.74, 6) is 0.0926. The Labute approximate surface area is 176 Å². The van der Waals surface area contributed by atoms with Gasteiger partial charge in [0.1, 0.15) is 0 Å². The zero-order valence-corrected chi connectivity index (χ0v) is 18.0. The third-order valence-electron chi connectivity index (χ3n) is 5.67. The molecule has 2 aromatic carbocycles. The summed E-state index contributed by atoms with van der Waals surface area (Å²) in [4.78, 5) is 21.8. The van der Waals surface area contributed by atoms with Crippen LogP contribution < -0.4 is 10.2 Å². The quantitative estimate of drug-likeness (QED) is 0.679. The number of nitrogens with one attached hydrogen (secondary N) is 1. The summed E-state index contributed by atoms with van der Waals surface area (Å²) < 4.78 is 1.27. The predicted molar refractivity (Wildman–Crippen MR) is 121 cm³/mol. The number of benzene rings is 2. The molecule has 1 fully saturated rings. The van der Waals surface area contributed by atoms with Gasteiger partial charge in [-0.25, -0.2) is 4.98 Å². The highest BCUT2D eigenvalue weighted by molar-refractivity contribution is 7.22. The smallest absolute Gasteiger partial charge is 0.224 e. The summed E-state index contributed by atoms with van der Waals surface area (Å²) >= 11 is 1.79. The molecule has 1 aliphatic rings. The maximum absolute atomic E-state index is 12.1. The Balaban J connectivity index is 1.23. The van der Waals surface area contributed by atoms with E-state index < -0.39 is 0 Å². The van der Waals surface area contributed by atoms with E-state index in [4.69, 9.17) is 4.98 Å². The lowest BCUT2D eigenvalue weighted by Crippen LogP contribution is -2.48. The van der Waals surface area contributed by atoms with E-state index in [1.165, 1.54) is 15.8 Å². The van der Waals surface area contributed by atoms with Crippen molar-refractivity contribution in [2.24, 2.45) is 0 Å². The lowest BCUT2D eigenvalue weighted by atomic mass is 10.1. The van der Waals surface area contributed by atoms with E-state index in [-0.39, 0.29) is 5.91 Å². The van der Waals surface area contributed by atoms with E-state index in [0.717, 1.165) is 48.9 Å². The molecule has 4 rings (SSSR count). The fourth-order valence-electron chi connectivity index (χ4n) is 3.71. The van der Waals surface area contributed by atoms with Crippen LogP contribution in [0.3, 0.4) is 0 Å². The maximum atomic E-state index is 12.1. The Hall–Kier alpha value is -2.44. The van der Waals surface area contributed by atoms with Crippen molar-refractivity contribution in [2.45, 2.75) is 20.3 Å². The molecule has 3 aromatic rings. The maximum Gasteiger partial charge on any atom is 0.224 e. The van der Waals surface area contributed by atoms with Crippen LogP contribution in [0.1, 0.15) is 16.7 Å². The lowest BCUT2D eigenvalue weighted by molar-refractivity contribution is -0.120. The molecule has 5 nitrogen and oxygen atoms in total. The Kier molecular flexibility index (Phi) is 6.11. The molecule has 0 bridgehead atoms. The van der Waals surface area contributed by atoms with Crippen molar-refractivity contribution < 1.29 is 4.79 Å². The number of rotatable bonds is 6. The Morgan fingerprint density at radius 3 is 2.59 bits per heavy atom. The van der Waals surface area contributed by atoms with Gasteiger partial charge in [0.2, 0.25) is 5.91 Å². The first-order valence-electron chi connectivity index (χ1n) is 10.2. The van der Waals surface area contributed by atoms with Crippen molar-refractivity contribution >= 4 is 32.6 Å². The number of carbonyl (C=O) groups excluding carboxylic acids is 1. The van der Waals surface area contributed by atoms with Crippen LogP contribution in [0.25, 0.3) is 10.2 Å². The predicted octanol–water partition coefficient (Wildman–Crippen LogP) is 3.39. The molecule has 1 amide bonds. The molecule has 0 radical (unpaired) electrons. The number of piperazine rings is 1. The first kappa shape index (κ1) is 19.9. The summed E-state index contributed by atoms with van der Waals surface area (Å²) in [6, 6.07) is 14.3. The van der Waals surface area contributed by atoms with Gasteiger partial charge in [-0.05, 0) is 36.6 Å². The molecular weight excluding hydrogens is 380 g/mol. The summed E-state index contributed by atoms with van der Waals surface area (Å²) in [6.07, 6.45) is 0.450. The molecule has 1 aromatic heterocycles. The normalized spacial score (nSPS) is 15.0. The minimum atomic E-state index is 0.0926. The minimum Gasteiger partial charge on any atom is -0.355 e. The molecule has 6 heteroatoms. The Bertz CT molecular complexity index is 977. The van der Waals surface area contributed by atoms with Crippen molar-refractivity contribution in [3.8, 4) is 0 Å². The van der Waals surface area contributed by atoms with Gasteiger partial charge in [-0.2, -0.15) is 0 Å². The van der Waals surface area contributed by atoms with Crippen LogP contribution in [0.2, 0.25) is 0 Å². The number of nitrogens with zero attached hydrogens (tertiary/aromatic N) is 3. The van der Waals surface area contributed by atoms with Crippen molar-refractivity contribution in [3.05, 3.63) is 59.2 Å². The van der Waals surface area contributed by atoms with Crippen LogP contribution >= 0.6 is 11.3 Å². The molecule has 2 heterocycles. The second-order valence-corrected chi connectivity index (χ2v) is 8.70. The molecule has 1 aliphatic heterocycles. The second-order valence-electron chi connectivity index (χ2n) is 7.69. The molecule has 1 saturated heterocycles. The van der Waals surface area contributed by atoms with Crippen molar-refractivity contribution in [1.29, 1.82) is 0 Å². The highest BCUT2D eigenvalue weighted by Gasteiger charge is 2.20. The van der Waals surface area contributed by atoms with Gasteiger partial charge in [-0.15, -0.1) is 0 Å². The van der Waals surface area contributed by atoms with Crippen LogP contribution in [0, 0.1) is 13.8 Å². The van der Waals surface area contributed by atoms with Gasteiger partial charge in [0.05, 0.1) is 16.6 Å². The fraction of sp³-hybridized carbons (Fsp3) is 0.391. The van der Waals surface area contributed by atoms with Crippen LogP contribution in [0.15, 0.2) is 42.5 Å². The minimum absolute atomic E-state index is 0.0926. The van der Waals surface area contributed by atoms with E-state index >= 15 is 0 Å². The Morgan fingerprint density at radius 2 is 1.83 bits per heavy atom. The van der Waals surface area contributed by atoms with Crippen molar-refractivity contribution in [3.63, 3.8) is 0 Å². The van der Waals surface area contributed by atoms with E-state index in [0.29, 0.717) is 13.0 Å². The van der Waals surface area contributed by atoms with Crippen molar-refractivity contribution in [1.82, 2.24) is 15.2 Å². The number of amides is 1. The van der Waals surface area contributed by atoms with Crippen LogP contribution in [0.4, 0.5) is 5.13 Å². The summed E-state index contributed by atoms with van der Waals surface area (Å²) in [7, 11) is 0. The molecule has 0 spiro atoms. The van der Waals surface area contributed by atoms with E-state index in [1.54, 1.807) is 11.3 Å². The number of aryl methyl sites for hydroxylation is 2. The highest BCUT2D eigenvalue weighted by atomic mass is 32.1. The number of thiazole rings is 1. The largest absolute Gasteiger partial charge is 0.355 e. The van der Waals surface area contributed by atoms with Gasteiger partial charge >= 0.3 is 0 Å². The molecule has 1 N–H and O–H groups in total. The van der Waals surface area contributed by atoms with E-state index in [1.807, 2.05) is 30.3 Å². The summed E-state index contributed by atoms with van der Waals surface area (Å²) in [5, 5.41) is 4.18. The first-order chi connectivity index (χ1) is 14.1. The highest BCUT2D eigenvalue weighted by Crippen LogP contribution is 2.32. The molecule has 152 valence electrons. The average molecular weight is 409 g/mol. The third kappa shape index (κ3) is 4.77. The first-order valence-corrected chi connectivity index (χ1v) is 11.1. The molecule has 0 unspecified atom stereocenters. The zero-order chi connectivity index (χ0) is 20.2. The van der Waals surface area contributed by atoms with Crippen molar-refractivity contribution in [2.75, 3.05) is 44.2 Å². The third-order valence-corrected chi connectivity index (χ3v) is 6.76. The molecule has 0 saturated carbocycles. The lowest BCUT2D eigenvalue weighted by Gasteiger charge is -2.34. The molecule has 0 atom stereocenters. The number of carbonyl (C=O) groups is 1. The number of hydrogen-bond donors (Lipinski definition) is 1. The van der Waals surface area contributed by atoms with Gasteiger partial charge in [-0.1, -0.05) is 47.7 Å². The summed E-state index contributed by atoms with van der Waals surface area (Å²) in [6.45, 7) is 9.87. The monoisotopic (exact) mass is 408 g/mol. The van der Waals surface area contributed by atoms with Gasteiger partial charge in [0.15, 0.2) is 5.13 Å². The second kappa shape index (κ2) is 8.93. The fourth-order valence-corrected chi connectivity index (χ4v) is 4.79. The van der Waals surface area contributed by atoms with Crippen LogP contribution in [-0.4, -0.2) is 55.1 Å².